The summed E-state index contributed by atoms with van der Waals surface area (Å²) in [5, 5.41) is 8.71. The lowest BCUT2D eigenvalue weighted by Gasteiger charge is -2.09. The molecule has 0 aliphatic heterocycles. The summed E-state index contributed by atoms with van der Waals surface area (Å²) in [6.45, 7) is 0. The van der Waals surface area contributed by atoms with Crippen LogP contribution in [0.25, 0.3) is 0 Å². The van der Waals surface area contributed by atoms with Crippen molar-refractivity contribution in [2.45, 2.75) is 3.79 Å². The van der Waals surface area contributed by atoms with Crippen LogP contribution in [0.15, 0.2) is 10.7 Å². The molecule has 1 aromatic heterocycles. The number of rotatable bonds is 1. The molecule has 0 saturated carbocycles. The first-order valence-electron chi connectivity index (χ1n) is 3.15. The lowest BCUT2D eigenvalue weighted by atomic mass is 10.4. The smallest absolute Gasteiger partial charge is 0.355 e. The second-order valence-corrected chi connectivity index (χ2v) is 5.33. The van der Waals surface area contributed by atoms with Crippen LogP contribution in [0.4, 0.5) is 0 Å². The maximum absolute atomic E-state index is 10.7. The third-order valence-corrected chi connectivity index (χ3v) is 2.29. The predicted molar refractivity (Wildman–Crippen MR) is 55.9 cm³/mol. The highest BCUT2D eigenvalue weighted by molar-refractivity contribution is 9.10. The van der Waals surface area contributed by atoms with Gasteiger partial charge in [0.1, 0.15) is 0 Å². The Morgan fingerprint density at radius 1 is 1.50 bits per heavy atom. The van der Waals surface area contributed by atoms with Crippen molar-refractivity contribution in [1.82, 2.24) is 9.97 Å². The third kappa shape index (κ3) is 2.70. The minimum atomic E-state index is -1.83. The number of hydrogen-bond donors (Lipinski definition) is 1. The van der Waals surface area contributed by atoms with Crippen LogP contribution in [0, 0.1) is 0 Å². The molecular weight excluding hydrogens is 318 g/mol. The molecule has 1 aromatic rings. The molecule has 0 fully saturated rings. The van der Waals surface area contributed by atoms with E-state index in [1.54, 1.807) is 0 Å². The van der Waals surface area contributed by atoms with E-state index < -0.39 is 9.76 Å². The Labute approximate surface area is 102 Å². The van der Waals surface area contributed by atoms with Crippen molar-refractivity contribution in [2.75, 3.05) is 0 Å². The minimum Gasteiger partial charge on any atom is -0.476 e. The van der Waals surface area contributed by atoms with E-state index in [9.17, 15) is 4.79 Å². The Morgan fingerprint density at radius 2 is 2.07 bits per heavy atom. The van der Waals surface area contributed by atoms with Crippen LogP contribution >= 0.6 is 50.7 Å². The highest BCUT2D eigenvalue weighted by Gasteiger charge is 2.28. The third-order valence-electron chi connectivity index (χ3n) is 1.20. The number of carbonyl (C=O) groups is 1. The van der Waals surface area contributed by atoms with Gasteiger partial charge in [-0.1, -0.05) is 34.8 Å². The Bertz CT molecular complexity index is 380. The summed E-state index contributed by atoms with van der Waals surface area (Å²) in [5.74, 6) is -1.40. The molecule has 0 amide bonds. The number of hydrogen-bond acceptors (Lipinski definition) is 3. The number of aromatic carboxylic acids is 1. The fraction of sp³-hybridized carbons (Fsp3) is 0.167. The molecule has 0 aliphatic carbocycles. The molecule has 0 aromatic carbocycles. The number of carboxylic acid groups (broad SMARTS) is 1. The van der Waals surface area contributed by atoms with Gasteiger partial charge in [-0.05, 0) is 15.9 Å². The number of carboxylic acids is 1. The van der Waals surface area contributed by atoms with E-state index in [4.69, 9.17) is 39.9 Å². The summed E-state index contributed by atoms with van der Waals surface area (Å²) in [7, 11) is 0. The quantitative estimate of drug-likeness (QED) is 0.808. The highest BCUT2D eigenvalue weighted by atomic mass is 79.9. The van der Waals surface area contributed by atoms with Crippen LogP contribution in [-0.4, -0.2) is 21.0 Å². The number of halogens is 4. The SMILES string of the molecule is O=C(O)c1nc(C(Cl)(Cl)Cl)ncc1Br. The van der Waals surface area contributed by atoms with Crippen molar-refractivity contribution in [1.29, 1.82) is 0 Å². The number of aromatic nitrogens is 2. The Hall–Kier alpha value is -0.100. The van der Waals surface area contributed by atoms with Crippen LogP contribution < -0.4 is 0 Å². The van der Waals surface area contributed by atoms with Gasteiger partial charge in [0, 0.05) is 6.20 Å². The second kappa shape index (κ2) is 4.18. The van der Waals surface area contributed by atoms with Crippen molar-refractivity contribution >= 4 is 56.7 Å². The van der Waals surface area contributed by atoms with Crippen LogP contribution in [-0.2, 0) is 3.79 Å². The van der Waals surface area contributed by atoms with Crippen LogP contribution in [0.3, 0.4) is 0 Å². The van der Waals surface area contributed by atoms with Gasteiger partial charge < -0.3 is 5.11 Å². The maximum Gasteiger partial charge on any atom is 0.355 e. The normalized spacial score (nSPS) is 11.4. The van der Waals surface area contributed by atoms with Gasteiger partial charge in [0.15, 0.2) is 11.5 Å². The van der Waals surface area contributed by atoms with Crippen molar-refractivity contribution in [2.24, 2.45) is 0 Å². The number of nitrogens with zero attached hydrogens (tertiary/aromatic N) is 2. The molecule has 76 valence electrons. The first-order valence-corrected chi connectivity index (χ1v) is 5.08. The van der Waals surface area contributed by atoms with Gasteiger partial charge in [-0.25, -0.2) is 14.8 Å². The van der Waals surface area contributed by atoms with E-state index in [0.717, 1.165) is 0 Å². The fourth-order valence-corrected chi connectivity index (χ4v) is 1.29. The van der Waals surface area contributed by atoms with Crippen LogP contribution in [0.5, 0.6) is 0 Å². The standard InChI is InChI=1S/C6H2BrCl3N2O2/c7-2-1-11-5(6(8,9)10)12-3(2)4(13)14/h1H,(H,13,14). The van der Waals surface area contributed by atoms with Crippen molar-refractivity contribution in [3.8, 4) is 0 Å². The van der Waals surface area contributed by atoms with Gasteiger partial charge in [0.2, 0.25) is 3.79 Å². The summed E-state index contributed by atoms with van der Waals surface area (Å²) < 4.78 is -1.60. The Kier molecular flexibility index (Phi) is 3.58. The van der Waals surface area contributed by atoms with Gasteiger partial charge in [0.25, 0.3) is 0 Å². The molecule has 1 N–H and O–H groups in total. The zero-order chi connectivity index (χ0) is 10.9. The molecule has 0 atom stereocenters. The topological polar surface area (TPSA) is 63.1 Å². The van der Waals surface area contributed by atoms with E-state index in [-0.39, 0.29) is 16.0 Å². The minimum absolute atomic E-state index is 0.178. The second-order valence-electron chi connectivity index (χ2n) is 2.19. The monoisotopic (exact) mass is 318 g/mol. The fourth-order valence-electron chi connectivity index (χ4n) is 0.654. The maximum atomic E-state index is 10.7. The van der Waals surface area contributed by atoms with E-state index >= 15 is 0 Å². The lowest BCUT2D eigenvalue weighted by molar-refractivity contribution is 0.0689. The Balaban J connectivity index is 3.27. The highest BCUT2D eigenvalue weighted by Crippen LogP contribution is 2.36. The average Bonchev–Trinajstić information content (AvgIpc) is 2.02. The van der Waals surface area contributed by atoms with E-state index in [1.807, 2.05) is 0 Å². The average molecular weight is 320 g/mol. The molecule has 0 bridgehead atoms. The predicted octanol–water partition coefficient (Wildman–Crippen LogP) is 2.76. The molecule has 8 heteroatoms. The van der Waals surface area contributed by atoms with Gasteiger partial charge >= 0.3 is 5.97 Å². The zero-order valence-electron chi connectivity index (χ0n) is 6.34. The lowest BCUT2D eigenvalue weighted by Crippen LogP contribution is -2.12. The Morgan fingerprint density at radius 3 is 2.50 bits per heavy atom. The molecule has 0 radical (unpaired) electrons. The van der Waals surface area contributed by atoms with E-state index in [2.05, 4.69) is 25.9 Å². The van der Waals surface area contributed by atoms with Crippen molar-refractivity contribution in [3.63, 3.8) is 0 Å². The van der Waals surface area contributed by atoms with E-state index in [0.29, 0.717) is 0 Å². The molecule has 1 rings (SSSR count). The summed E-state index contributed by atoms with van der Waals surface area (Å²) >= 11 is 19.4. The summed E-state index contributed by atoms with van der Waals surface area (Å²) in [6, 6.07) is 0. The van der Waals surface area contributed by atoms with Crippen LogP contribution in [0.1, 0.15) is 16.3 Å². The van der Waals surface area contributed by atoms with Gasteiger partial charge in [-0.15, -0.1) is 0 Å². The zero-order valence-corrected chi connectivity index (χ0v) is 10.2. The summed E-state index contributed by atoms with van der Waals surface area (Å²) in [5.41, 5.74) is -0.249. The molecular formula is C6H2BrCl3N2O2. The molecule has 0 unspecified atom stereocenters. The van der Waals surface area contributed by atoms with Crippen molar-refractivity contribution < 1.29 is 9.90 Å². The molecule has 0 saturated heterocycles. The first-order chi connectivity index (χ1) is 6.32. The van der Waals surface area contributed by atoms with E-state index in [1.165, 1.54) is 6.20 Å². The van der Waals surface area contributed by atoms with Gasteiger partial charge in [0.05, 0.1) is 4.47 Å². The largest absolute Gasteiger partial charge is 0.476 e. The molecule has 4 nitrogen and oxygen atoms in total. The van der Waals surface area contributed by atoms with Crippen molar-refractivity contribution in [3.05, 3.63) is 22.2 Å². The number of alkyl halides is 3. The van der Waals surface area contributed by atoms with Gasteiger partial charge in [-0.2, -0.15) is 0 Å². The molecule has 1 heterocycles. The summed E-state index contributed by atoms with van der Waals surface area (Å²) in [4.78, 5) is 17.9. The first kappa shape index (κ1) is 12.0. The molecule has 0 aliphatic rings. The molecule has 14 heavy (non-hydrogen) atoms. The van der Waals surface area contributed by atoms with Gasteiger partial charge in [-0.3, -0.25) is 0 Å². The van der Waals surface area contributed by atoms with Crippen LogP contribution in [0.2, 0.25) is 0 Å². The molecule has 0 spiro atoms. The summed E-state index contributed by atoms with van der Waals surface area (Å²) in [6.07, 6.45) is 1.22.